The molecule has 7 nitrogen and oxygen atoms in total. The van der Waals surface area contributed by atoms with Gasteiger partial charge in [0.1, 0.15) is 0 Å². The minimum Gasteiger partial charge on any atom is -0.692 e. The Hall–Kier alpha value is -2.09. The molecule has 0 bridgehead atoms. The van der Waals surface area contributed by atoms with Crippen LogP contribution in [0, 0.1) is 5.21 Å². The van der Waals surface area contributed by atoms with Crippen LogP contribution in [-0.2, 0) is 10.0 Å². The van der Waals surface area contributed by atoms with Gasteiger partial charge in [0.05, 0.1) is 11.4 Å². The first-order valence-corrected chi connectivity index (χ1v) is 6.92. The second kappa shape index (κ2) is 4.65. The number of sulfonamides is 1. The summed E-state index contributed by atoms with van der Waals surface area (Å²) >= 11 is 0. The molecular formula is C10H12N4O3S. The Labute approximate surface area is 104 Å². The lowest BCUT2D eigenvalue weighted by molar-refractivity contribution is -0.688. The Kier molecular flexibility index (Phi) is 3.19. The number of hydrogen-bond donors (Lipinski definition) is 1. The minimum atomic E-state index is -3.40. The lowest BCUT2D eigenvalue weighted by atomic mass is 10.3. The quantitative estimate of drug-likeness (QED) is 0.636. The molecule has 0 spiro atoms. The molecule has 96 valence electrons. The molecule has 0 aliphatic rings. The summed E-state index contributed by atoms with van der Waals surface area (Å²) in [5, 5.41) is 15.3. The summed E-state index contributed by atoms with van der Waals surface area (Å²) in [6.45, 7) is 1.53. The number of aromatic nitrogens is 3. The van der Waals surface area contributed by atoms with Crippen molar-refractivity contribution in [2.45, 2.75) is 6.92 Å². The van der Waals surface area contributed by atoms with Gasteiger partial charge in [-0.25, -0.2) is 8.42 Å². The standard InChI is InChI=1S/C10H12N4O3S/c1-2-18(16,17)12-9-5-3-4-6-10(9)14-11-7-8-13(14)15/h3-8,12H,2H2,1H3. The molecule has 2 aromatic rings. The summed E-state index contributed by atoms with van der Waals surface area (Å²) in [6, 6.07) is 6.55. The summed E-state index contributed by atoms with van der Waals surface area (Å²) in [5.74, 6) is -0.0438. The number of hydrogen-bond acceptors (Lipinski definition) is 4. The van der Waals surface area contributed by atoms with Crippen LogP contribution in [0.25, 0.3) is 5.69 Å². The van der Waals surface area contributed by atoms with Crippen molar-refractivity contribution in [3.63, 3.8) is 0 Å². The van der Waals surface area contributed by atoms with Gasteiger partial charge in [-0.15, -0.1) is 0 Å². The second-order valence-electron chi connectivity index (χ2n) is 3.53. The number of nitrogens with zero attached hydrogens (tertiary/aromatic N) is 3. The van der Waals surface area contributed by atoms with E-state index in [1.807, 2.05) is 0 Å². The summed E-state index contributed by atoms with van der Waals surface area (Å²) < 4.78 is 25.5. The molecule has 0 amide bonds. The normalized spacial score (nSPS) is 11.4. The van der Waals surface area contributed by atoms with Crippen LogP contribution in [0.4, 0.5) is 5.69 Å². The summed E-state index contributed by atoms with van der Waals surface area (Å²) in [6.07, 6.45) is 2.56. The Morgan fingerprint density at radius 1 is 1.44 bits per heavy atom. The average molecular weight is 268 g/mol. The van der Waals surface area contributed by atoms with Gasteiger partial charge in [-0.1, -0.05) is 12.1 Å². The van der Waals surface area contributed by atoms with Crippen molar-refractivity contribution in [3.05, 3.63) is 41.9 Å². The van der Waals surface area contributed by atoms with Crippen molar-refractivity contribution >= 4 is 15.7 Å². The van der Waals surface area contributed by atoms with E-state index >= 15 is 0 Å². The fourth-order valence-electron chi connectivity index (χ4n) is 1.41. The monoisotopic (exact) mass is 268 g/mol. The second-order valence-corrected chi connectivity index (χ2v) is 5.54. The highest BCUT2D eigenvalue weighted by Gasteiger charge is 2.15. The van der Waals surface area contributed by atoms with E-state index in [1.54, 1.807) is 24.3 Å². The first-order chi connectivity index (χ1) is 8.53. The van der Waals surface area contributed by atoms with E-state index in [0.29, 0.717) is 16.2 Å². The van der Waals surface area contributed by atoms with Crippen LogP contribution >= 0.6 is 0 Å². The first-order valence-electron chi connectivity index (χ1n) is 5.27. The van der Waals surface area contributed by atoms with E-state index in [9.17, 15) is 13.6 Å². The van der Waals surface area contributed by atoms with Crippen molar-refractivity contribution in [3.8, 4) is 5.69 Å². The minimum absolute atomic E-state index is 0.0438. The first kappa shape index (κ1) is 12.4. The Morgan fingerprint density at radius 3 is 2.78 bits per heavy atom. The van der Waals surface area contributed by atoms with Gasteiger partial charge >= 0.3 is 0 Å². The SMILES string of the molecule is CCS(=O)(=O)Nc1ccccc1-n1ncc[n+]1[O-]. The molecule has 0 unspecified atom stereocenters. The molecule has 2 rings (SSSR count). The van der Waals surface area contributed by atoms with Crippen LogP contribution < -0.4 is 9.57 Å². The molecule has 1 heterocycles. The molecule has 0 fully saturated rings. The maximum Gasteiger partial charge on any atom is 0.232 e. The molecule has 0 aliphatic carbocycles. The van der Waals surface area contributed by atoms with E-state index in [1.165, 1.54) is 19.3 Å². The smallest absolute Gasteiger partial charge is 0.232 e. The molecule has 0 saturated heterocycles. The Morgan fingerprint density at radius 2 is 2.17 bits per heavy atom. The molecule has 1 aromatic heterocycles. The highest BCUT2D eigenvalue weighted by molar-refractivity contribution is 7.92. The summed E-state index contributed by atoms with van der Waals surface area (Å²) in [5.41, 5.74) is 0.683. The number of benzene rings is 1. The van der Waals surface area contributed by atoms with E-state index in [-0.39, 0.29) is 5.75 Å². The fraction of sp³-hybridized carbons (Fsp3) is 0.200. The topological polar surface area (TPSA) is 90.9 Å². The van der Waals surface area contributed by atoms with Gasteiger partial charge < -0.3 is 5.21 Å². The maximum atomic E-state index is 11.5. The highest BCUT2D eigenvalue weighted by Crippen LogP contribution is 2.18. The zero-order valence-corrected chi connectivity index (χ0v) is 10.5. The van der Waals surface area contributed by atoms with Crippen LogP contribution in [0.15, 0.2) is 36.7 Å². The average Bonchev–Trinajstić information content (AvgIpc) is 2.76. The summed E-state index contributed by atoms with van der Waals surface area (Å²) in [7, 11) is -3.40. The van der Waals surface area contributed by atoms with Crippen LogP contribution in [0.1, 0.15) is 6.92 Å². The van der Waals surface area contributed by atoms with Gasteiger partial charge in [0.25, 0.3) is 0 Å². The zero-order chi connectivity index (χ0) is 13.2. The molecule has 1 aromatic carbocycles. The van der Waals surface area contributed by atoms with Crippen LogP contribution in [0.5, 0.6) is 0 Å². The highest BCUT2D eigenvalue weighted by atomic mass is 32.2. The zero-order valence-electron chi connectivity index (χ0n) is 9.65. The molecule has 0 atom stereocenters. The van der Waals surface area contributed by atoms with Gasteiger partial charge in [0, 0.05) is 5.10 Å². The van der Waals surface area contributed by atoms with Crippen molar-refractivity contribution in [2.24, 2.45) is 0 Å². The molecule has 0 aliphatic heterocycles. The molecule has 1 N–H and O–H groups in total. The third kappa shape index (κ3) is 2.43. The van der Waals surface area contributed by atoms with E-state index in [2.05, 4.69) is 9.82 Å². The van der Waals surface area contributed by atoms with E-state index in [4.69, 9.17) is 0 Å². The van der Waals surface area contributed by atoms with Crippen LogP contribution in [-0.4, -0.2) is 24.1 Å². The van der Waals surface area contributed by atoms with Gasteiger partial charge in [0.2, 0.25) is 16.2 Å². The number of para-hydroxylation sites is 2. The van der Waals surface area contributed by atoms with Crippen LogP contribution in [0.3, 0.4) is 0 Å². The lowest BCUT2D eigenvalue weighted by Crippen LogP contribution is -2.36. The van der Waals surface area contributed by atoms with Gasteiger partial charge in [-0.2, -0.15) is 4.85 Å². The van der Waals surface area contributed by atoms with Gasteiger partial charge in [-0.3, -0.25) is 4.72 Å². The van der Waals surface area contributed by atoms with Crippen molar-refractivity contribution in [1.82, 2.24) is 9.90 Å². The largest absolute Gasteiger partial charge is 0.692 e. The maximum absolute atomic E-state index is 11.5. The molecule has 18 heavy (non-hydrogen) atoms. The Bertz CT molecular complexity index is 651. The number of nitrogens with one attached hydrogen (secondary N) is 1. The third-order valence-electron chi connectivity index (χ3n) is 2.32. The van der Waals surface area contributed by atoms with E-state index in [0.717, 1.165) is 4.80 Å². The van der Waals surface area contributed by atoms with Gasteiger partial charge in [-0.05, 0) is 23.9 Å². The fourth-order valence-corrected chi connectivity index (χ4v) is 2.06. The molecule has 0 radical (unpaired) electrons. The summed E-state index contributed by atoms with van der Waals surface area (Å²) in [4.78, 5) is 1.58. The van der Waals surface area contributed by atoms with Crippen molar-refractivity contribution < 1.29 is 13.3 Å². The van der Waals surface area contributed by atoms with Gasteiger partial charge in [0.15, 0.2) is 11.9 Å². The number of rotatable bonds is 4. The van der Waals surface area contributed by atoms with Crippen molar-refractivity contribution in [2.75, 3.05) is 10.5 Å². The predicted octanol–water partition coefficient (Wildman–Crippen LogP) is 0.267. The van der Waals surface area contributed by atoms with Crippen molar-refractivity contribution in [1.29, 1.82) is 0 Å². The van der Waals surface area contributed by atoms with E-state index < -0.39 is 10.0 Å². The molecule has 0 saturated carbocycles. The molecular weight excluding hydrogens is 256 g/mol. The van der Waals surface area contributed by atoms with Crippen LogP contribution in [0.2, 0.25) is 0 Å². The number of anilines is 1. The Balaban J connectivity index is 2.48. The lowest BCUT2D eigenvalue weighted by Gasteiger charge is -2.10. The molecule has 8 heteroatoms. The third-order valence-corrected chi connectivity index (χ3v) is 3.61. The predicted molar refractivity (Wildman–Crippen MR) is 65.6 cm³/mol.